The van der Waals surface area contributed by atoms with E-state index in [1.807, 2.05) is 6.07 Å². The Morgan fingerprint density at radius 3 is 2.65 bits per heavy atom. The van der Waals surface area contributed by atoms with Crippen molar-refractivity contribution in [2.45, 2.75) is 28.9 Å². The van der Waals surface area contributed by atoms with Gasteiger partial charge < -0.3 is 0 Å². The zero-order chi connectivity index (χ0) is 11.7. The van der Waals surface area contributed by atoms with Crippen molar-refractivity contribution in [2.24, 2.45) is 0 Å². The van der Waals surface area contributed by atoms with Gasteiger partial charge in [0.15, 0.2) is 5.16 Å². The summed E-state index contributed by atoms with van der Waals surface area (Å²) in [6.45, 7) is 0. The maximum atomic E-state index is 4.53. The fraction of sp³-hybridized carbons (Fsp3) is 0.273. The highest BCUT2D eigenvalue weighted by molar-refractivity contribution is 9.10. The molecule has 1 aliphatic rings. The Kier molecular flexibility index (Phi) is 3.07. The Hall–Kier alpha value is -1.01. The third-order valence-corrected chi connectivity index (χ3v) is 3.59. The Bertz CT molecular complexity index is 530. The van der Waals surface area contributed by atoms with Gasteiger partial charge in [0.05, 0.1) is 0 Å². The van der Waals surface area contributed by atoms with Gasteiger partial charge in [-0.15, -0.1) is 0 Å². The van der Waals surface area contributed by atoms with Crippen LogP contribution in [0.25, 0.3) is 0 Å². The third kappa shape index (κ3) is 2.81. The molecule has 2 aromatic heterocycles. The van der Waals surface area contributed by atoms with Crippen LogP contribution >= 0.6 is 27.7 Å². The van der Waals surface area contributed by atoms with Crippen molar-refractivity contribution >= 4 is 27.7 Å². The minimum atomic E-state index is 0.545. The highest BCUT2D eigenvalue weighted by Gasteiger charge is 2.27. The second-order valence-corrected chi connectivity index (χ2v) is 5.59. The van der Waals surface area contributed by atoms with Gasteiger partial charge in [0.1, 0.15) is 15.5 Å². The summed E-state index contributed by atoms with van der Waals surface area (Å²) in [7, 11) is 0. The molecule has 17 heavy (non-hydrogen) atoms. The molecule has 0 N–H and O–H groups in total. The van der Waals surface area contributed by atoms with Crippen LogP contribution in [0.1, 0.15) is 24.6 Å². The molecule has 0 amide bonds. The van der Waals surface area contributed by atoms with Crippen LogP contribution in [0.2, 0.25) is 0 Å². The van der Waals surface area contributed by atoms with Crippen LogP contribution in [-0.2, 0) is 0 Å². The minimum absolute atomic E-state index is 0.545. The molecule has 0 aliphatic heterocycles. The second-order valence-electron chi connectivity index (χ2n) is 3.79. The minimum Gasteiger partial charge on any atom is -0.231 e. The molecule has 2 heterocycles. The average Bonchev–Trinajstić information content (AvgIpc) is 3.13. The normalized spacial score (nSPS) is 14.9. The quantitative estimate of drug-likeness (QED) is 0.644. The Labute approximate surface area is 111 Å². The molecular weight excluding hydrogens is 300 g/mol. The van der Waals surface area contributed by atoms with Crippen LogP contribution in [0.15, 0.2) is 39.3 Å². The molecule has 0 saturated heterocycles. The number of halogens is 1. The van der Waals surface area contributed by atoms with E-state index in [0.717, 1.165) is 15.5 Å². The van der Waals surface area contributed by atoms with E-state index in [9.17, 15) is 0 Å². The molecule has 0 unspecified atom stereocenters. The summed E-state index contributed by atoms with van der Waals surface area (Å²) in [4.78, 5) is 17.3. The summed E-state index contributed by atoms with van der Waals surface area (Å²) in [5, 5.41) is 1.60. The van der Waals surface area contributed by atoms with E-state index in [1.54, 1.807) is 18.5 Å². The Morgan fingerprint density at radius 1 is 1.18 bits per heavy atom. The third-order valence-electron chi connectivity index (χ3n) is 2.37. The van der Waals surface area contributed by atoms with Crippen LogP contribution < -0.4 is 0 Å². The van der Waals surface area contributed by atoms with E-state index in [-0.39, 0.29) is 0 Å². The van der Waals surface area contributed by atoms with Crippen LogP contribution in [-0.4, -0.2) is 19.9 Å². The van der Waals surface area contributed by atoms with Gasteiger partial charge in [0, 0.05) is 24.4 Å². The Morgan fingerprint density at radius 2 is 1.94 bits per heavy atom. The molecule has 86 valence electrons. The van der Waals surface area contributed by atoms with Crippen molar-refractivity contribution in [3.8, 4) is 0 Å². The number of hydrogen-bond acceptors (Lipinski definition) is 5. The lowest BCUT2D eigenvalue weighted by molar-refractivity contribution is 0.862. The molecule has 2 aromatic rings. The monoisotopic (exact) mass is 308 g/mol. The summed E-state index contributed by atoms with van der Waals surface area (Å²) in [6, 6.07) is 3.70. The van der Waals surface area contributed by atoms with E-state index in [0.29, 0.717) is 11.1 Å². The maximum Gasteiger partial charge on any atom is 0.193 e. The van der Waals surface area contributed by atoms with E-state index in [4.69, 9.17) is 0 Å². The van der Waals surface area contributed by atoms with E-state index in [2.05, 4.69) is 35.9 Å². The van der Waals surface area contributed by atoms with Gasteiger partial charge in [0.25, 0.3) is 0 Å². The van der Waals surface area contributed by atoms with E-state index < -0.39 is 0 Å². The molecule has 3 rings (SSSR count). The molecule has 0 spiro atoms. The topological polar surface area (TPSA) is 51.6 Å². The van der Waals surface area contributed by atoms with Crippen molar-refractivity contribution in [2.75, 3.05) is 0 Å². The van der Waals surface area contributed by atoms with Crippen LogP contribution in [0, 0.1) is 0 Å². The first kappa shape index (κ1) is 11.1. The fourth-order valence-electron chi connectivity index (χ4n) is 1.42. The highest BCUT2D eigenvalue weighted by Crippen LogP contribution is 2.39. The molecule has 1 fully saturated rings. The summed E-state index contributed by atoms with van der Waals surface area (Å²) >= 11 is 4.87. The molecular formula is C11H9BrN4S. The number of nitrogens with zero attached hydrogens (tertiary/aromatic N) is 4. The van der Waals surface area contributed by atoms with Gasteiger partial charge in [-0.25, -0.2) is 19.9 Å². The second kappa shape index (κ2) is 4.70. The smallest absolute Gasteiger partial charge is 0.193 e. The molecule has 6 heteroatoms. The van der Waals surface area contributed by atoms with E-state index in [1.165, 1.54) is 24.6 Å². The van der Waals surface area contributed by atoms with Crippen molar-refractivity contribution in [3.05, 3.63) is 35.0 Å². The Balaban J connectivity index is 1.87. The molecule has 0 bridgehead atoms. The highest BCUT2D eigenvalue weighted by atomic mass is 79.9. The van der Waals surface area contributed by atoms with Crippen LogP contribution in [0.5, 0.6) is 0 Å². The van der Waals surface area contributed by atoms with Crippen molar-refractivity contribution in [1.82, 2.24) is 19.9 Å². The predicted molar refractivity (Wildman–Crippen MR) is 67.9 cm³/mol. The first-order valence-electron chi connectivity index (χ1n) is 5.30. The van der Waals surface area contributed by atoms with Crippen LogP contribution in [0.4, 0.5) is 0 Å². The van der Waals surface area contributed by atoms with Gasteiger partial charge in [-0.3, -0.25) is 0 Å². The summed E-state index contributed by atoms with van der Waals surface area (Å²) in [6.07, 6.45) is 5.85. The van der Waals surface area contributed by atoms with Gasteiger partial charge in [-0.1, -0.05) is 0 Å². The molecule has 4 nitrogen and oxygen atoms in total. The van der Waals surface area contributed by atoms with Gasteiger partial charge in [-0.2, -0.15) is 0 Å². The molecule has 1 saturated carbocycles. The summed E-state index contributed by atoms with van der Waals surface area (Å²) in [5.41, 5.74) is 0. The lowest BCUT2D eigenvalue weighted by atomic mass is 10.4. The first-order valence-corrected chi connectivity index (χ1v) is 6.91. The lowest BCUT2D eigenvalue weighted by Gasteiger charge is -2.02. The number of aromatic nitrogens is 4. The molecule has 1 aliphatic carbocycles. The molecule has 0 aromatic carbocycles. The van der Waals surface area contributed by atoms with Gasteiger partial charge in [0.2, 0.25) is 0 Å². The van der Waals surface area contributed by atoms with Crippen molar-refractivity contribution in [1.29, 1.82) is 0 Å². The zero-order valence-electron chi connectivity index (χ0n) is 8.88. The zero-order valence-corrected chi connectivity index (χ0v) is 11.3. The van der Waals surface area contributed by atoms with Gasteiger partial charge in [-0.05, 0) is 46.6 Å². The number of hydrogen-bond donors (Lipinski definition) is 0. The SMILES string of the molecule is Brc1cc(Sc2ncccn2)nc(C2CC2)n1. The van der Waals surface area contributed by atoms with Crippen LogP contribution in [0.3, 0.4) is 0 Å². The average molecular weight is 309 g/mol. The lowest BCUT2D eigenvalue weighted by Crippen LogP contribution is -1.95. The van der Waals surface area contributed by atoms with Crippen molar-refractivity contribution < 1.29 is 0 Å². The predicted octanol–water partition coefficient (Wildman–Crippen LogP) is 3.06. The fourth-order valence-corrected chi connectivity index (χ4v) is 2.70. The van der Waals surface area contributed by atoms with E-state index >= 15 is 0 Å². The standard InChI is InChI=1S/C11H9BrN4S/c12-8-6-9(16-10(15-8)7-2-3-7)17-11-13-4-1-5-14-11/h1,4-7H,2-3H2. The molecule has 0 atom stereocenters. The molecule has 0 radical (unpaired) electrons. The maximum absolute atomic E-state index is 4.53. The largest absolute Gasteiger partial charge is 0.231 e. The number of rotatable bonds is 3. The first-order chi connectivity index (χ1) is 8.31. The summed E-state index contributed by atoms with van der Waals surface area (Å²) < 4.78 is 0.827. The van der Waals surface area contributed by atoms with Gasteiger partial charge >= 0.3 is 0 Å². The summed E-state index contributed by atoms with van der Waals surface area (Å²) in [5.74, 6) is 1.47. The van der Waals surface area contributed by atoms with Crippen molar-refractivity contribution in [3.63, 3.8) is 0 Å².